The van der Waals surface area contributed by atoms with E-state index in [2.05, 4.69) is 25.6 Å². The Balaban J connectivity index is 1.42. The monoisotopic (exact) mass is 479 g/mol. The summed E-state index contributed by atoms with van der Waals surface area (Å²) in [6.07, 6.45) is 2.20. The Morgan fingerprint density at radius 2 is 2.06 bits per heavy atom. The molecule has 166 valence electrons. The number of aromatic nitrogens is 5. The SMILES string of the molecule is CCc1nn2c(=O)cc(COc3ccc(C=C(C#N)C(=O)Nc4nnc(C)s4)cc3)nc2s1. The molecule has 0 atom stereocenters. The Morgan fingerprint density at radius 1 is 1.27 bits per heavy atom. The fraction of sp³-hybridized carbons (Fsp3) is 0.190. The molecule has 3 aromatic heterocycles. The van der Waals surface area contributed by atoms with Gasteiger partial charge in [-0.1, -0.05) is 41.7 Å². The number of hydrogen-bond acceptors (Lipinski definition) is 10. The number of ether oxygens (including phenoxy) is 1. The number of aryl methyl sites for hydroxylation is 2. The second-order valence-electron chi connectivity index (χ2n) is 6.74. The molecule has 0 unspecified atom stereocenters. The zero-order valence-electron chi connectivity index (χ0n) is 17.6. The number of carbonyl (C=O) groups is 1. The third-order valence-electron chi connectivity index (χ3n) is 4.33. The lowest BCUT2D eigenvalue weighted by atomic mass is 10.1. The minimum absolute atomic E-state index is 0.0643. The number of carbonyl (C=O) groups excluding carboxylic acids is 1. The summed E-state index contributed by atoms with van der Waals surface area (Å²) >= 11 is 2.60. The molecule has 1 amide bonds. The number of nitriles is 1. The molecule has 4 aromatic rings. The Labute approximate surface area is 195 Å². The van der Waals surface area contributed by atoms with Crippen LogP contribution in [0.15, 0.2) is 40.7 Å². The van der Waals surface area contributed by atoms with Crippen LogP contribution in [-0.2, 0) is 17.8 Å². The summed E-state index contributed by atoms with van der Waals surface area (Å²) in [6, 6.07) is 10.2. The molecular weight excluding hydrogens is 462 g/mol. The number of amides is 1. The van der Waals surface area contributed by atoms with Crippen molar-refractivity contribution in [3.63, 3.8) is 0 Å². The smallest absolute Gasteiger partial charge is 0.275 e. The minimum atomic E-state index is -0.559. The number of fused-ring (bicyclic) bond motifs is 1. The van der Waals surface area contributed by atoms with Crippen molar-refractivity contribution in [2.75, 3.05) is 5.32 Å². The third kappa shape index (κ3) is 5.28. The van der Waals surface area contributed by atoms with Crippen LogP contribution in [0.25, 0.3) is 11.0 Å². The molecule has 4 rings (SSSR count). The molecule has 0 saturated carbocycles. The summed E-state index contributed by atoms with van der Waals surface area (Å²) in [7, 11) is 0. The van der Waals surface area contributed by atoms with Crippen LogP contribution < -0.4 is 15.6 Å². The molecule has 33 heavy (non-hydrogen) atoms. The fourth-order valence-electron chi connectivity index (χ4n) is 2.76. The van der Waals surface area contributed by atoms with E-state index in [0.29, 0.717) is 32.1 Å². The van der Waals surface area contributed by atoms with Gasteiger partial charge >= 0.3 is 0 Å². The average Bonchev–Trinajstić information content (AvgIpc) is 3.42. The van der Waals surface area contributed by atoms with Crippen LogP contribution >= 0.6 is 22.7 Å². The van der Waals surface area contributed by atoms with Gasteiger partial charge in [-0.2, -0.15) is 14.9 Å². The molecule has 0 aliphatic carbocycles. The summed E-state index contributed by atoms with van der Waals surface area (Å²) in [5.74, 6) is -0.00368. The van der Waals surface area contributed by atoms with E-state index < -0.39 is 5.91 Å². The highest BCUT2D eigenvalue weighted by molar-refractivity contribution is 7.16. The van der Waals surface area contributed by atoms with Gasteiger partial charge < -0.3 is 4.74 Å². The van der Waals surface area contributed by atoms with Gasteiger partial charge in [0, 0.05) is 6.07 Å². The molecular formula is C21H17N7O3S2. The molecule has 1 N–H and O–H groups in total. The van der Waals surface area contributed by atoms with Crippen LogP contribution in [0.2, 0.25) is 0 Å². The van der Waals surface area contributed by atoms with Gasteiger partial charge in [0.15, 0.2) is 0 Å². The Kier molecular flexibility index (Phi) is 6.53. The predicted molar refractivity (Wildman–Crippen MR) is 124 cm³/mol. The first-order valence-corrected chi connectivity index (χ1v) is 11.4. The van der Waals surface area contributed by atoms with E-state index in [4.69, 9.17) is 4.74 Å². The number of benzene rings is 1. The highest BCUT2D eigenvalue weighted by Gasteiger charge is 2.12. The fourth-order valence-corrected chi connectivity index (χ4v) is 4.20. The molecule has 0 bridgehead atoms. The Bertz CT molecular complexity index is 1450. The average molecular weight is 480 g/mol. The third-order valence-corrected chi connectivity index (χ3v) is 6.14. The zero-order chi connectivity index (χ0) is 23.4. The quantitative estimate of drug-likeness (QED) is 0.316. The number of rotatable bonds is 7. The maximum atomic E-state index is 12.3. The second kappa shape index (κ2) is 9.68. The van der Waals surface area contributed by atoms with Gasteiger partial charge in [0.05, 0.1) is 5.69 Å². The number of hydrogen-bond donors (Lipinski definition) is 1. The van der Waals surface area contributed by atoms with Gasteiger partial charge in [0.1, 0.15) is 34.0 Å². The van der Waals surface area contributed by atoms with Crippen molar-refractivity contribution in [1.29, 1.82) is 5.26 Å². The van der Waals surface area contributed by atoms with E-state index >= 15 is 0 Å². The lowest BCUT2D eigenvalue weighted by molar-refractivity contribution is -0.112. The minimum Gasteiger partial charge on any atom is -0.487 e. The maximum absolute atomic E-state index is 12.3. The molecule has 1 aromatic carbocycles. The lowest BCUT2D eigenvalue weighted by Crippen LogP contribution is -2.16. The number of nitrogens with zero attached hydrogens (tertiary/aromatic N) is 6. The Morgan fingerprint density at radius 3 is 2.73 bits per heavy atom. The van der Waals surface area contributed by atoms with Crippen molar-refractivity contribution in [2.24, 2.45) is 0 Å². The van der Waals surface area contributed by atoms with Crippen LogP contribution in [-0.4, -0.2) is 30.7 Å². The first-order chi connectivity index (χ1) is 15.9. The maximum Gasteiger partial charge on any atom is 0.275 e. The normalized spacial score (nSPS) is 11.4. The van der Waals surface area contributed by atoms with Crippen molar-refractivity contribution < 1.29 is 9.53 Å². The van der Waals surface area contributed by atoms with Crippen LogP contribution in [0.4, 0.5) is 5.13 Å². The molecule has 0 aliphatic rings. The lowest BCUT2D eigenvalue weighted by Gasteiger charge is -2.06. The van der Waals surface area contributed by atoms with Crippen molar-refractivity contribution in [3.05, 3.63) is 67.5 Å². The molecule has 3 heterocycles. The summed E-state index contributed by atoms with van der Waals surface area (Å²) in [5.41, 5.74) is 0.842. The predicted octanol–water partition coefficient (Wildman–Crippen LogP) is 3.00. The highest BCUT2D eigenvalue weighted by Crippen LogP contribution is 2.18. The van der Waals surface area contributed by atoms with Gasteiger partial charge in [0.2, 0.25) is 10.1 Å². The summed E-state index contributed by atoms with van der Waals surface area (Å²) in [4.78, 5) is 29.5. The van der Waals surface area contributed by atoms with Gasteiger partial charge in [-0.15, -0.1) is 10.2 Å². The van der Waals surface area contributed by atoms with Crippen LogP contribution in [0.5, 0.6) is 5.75 Å². The van der Waals surface area contributed by atoms with E-state index in [-0.39, 0.29) is 17.7 Å². The van der Waals surface area contributed by atoms with Gasteiger partial charge in [0.25, 0.3) is 11.5 Å². The topological polar surface area (TPSA) is 135 Å². The van der Waals surface area contributed by atoms with E-state index in [1.807, 2.05) is 13.0 Å². The first kappa shape index (κ1) is 22.3. The standard InChI is InChI=1S/C21H17N7O3S2/c1-3-17-27-28-18(29)9-15(23-21(28)33-17)11-31-16-6-4-13(5-7-16)8-14(10-22)19(30)24-20-26-25-12(2)32-20/h4-9H,3,11H2,1-2H3,(H,24,26,30). The van der Waals surface area contributed by atoms with Gasteiger partial charge in [-0.3, -0.25) is 14.9 Å². The van der Waals surface area contributed by atoms with Crippen LogP contribution in [0, 0.1) is 18.3 Å². The van der Waals surface area contributed by atoms with E-state index in [0.717, 1.165) is 11.4 Å². The van der Waals surface area contributed by atoms with Crippen molar-refractivity contribution in [3.8, 4) is 11.8 Å². The number of anilines is 1. The van der Waals surface area contributed by atoms with Crippen molar-refractivity contribution >= 4 is 44.7 Å². The molecule has 0 aliphatic heterocycles. The summed E-state index contributed by atoms with van der Waals surface area (Å²) in [5, 5.41) is 25.7. The molecule has 0 fully saturated rings. The van der Waals surface area contributed by atoms with Crippen molar-refractivity contribution in [1.82, 2.24) is 24.8 Å². The van der Waals surface area contributed by atoms with Gasteiger partial charge in [-0.05, 0) is 37.1 Å². The first-order valence-electron chi connectivity index (χ1n) is 9.80. The van der Waals surface area contributed by atoms with E-state index in [9.17, 15) is 14.9 Å². The van der Waals surface area contributed by atoms with Crippen LogP contribution in [0.3, 0.4) is 0 Å². The Hall–Kier alpha value is -3.95. The molecule has 0 saturated heterocycles. The molecule has 0 spiro atoms. The summed E-state index contributed by atoms with van der Waals surface area (Å²) in [6.45, 7) is 3.86. The van der Waals surface area contributed by atoms with E-state index in [1.54, 1.807) is 31.2 Å². The largest absolute Gasteiger partial charge is 0.487 e. The zero-order valence-corrected chi connectivity index (χ0v) is 19.2. The van der Waals surface area contributed by atoms with Crippen LogP contribution in [0.1, 0.15) is 28.2 Å². The highest BCUT2D eigenvalue weighted by atomic mass is 32.1. The van der Waals surface area contributed by atoms with Gasteiger partial charge in [-0.25, -0.2) is 4.98 Å². The summed E-state index contributed by atoms with van der Waals surface area (Å²) < 4.78 is 7.03. The molecule has 10 nitrogen and oxygen atoms in total. The second-order valence-corrected chi connectivity index (χ2v) is 8.96. The van der Waals surface area contributed by atoms with E-state index in [1.165, 1.54) is 39.3 Å². The molecule has 12 heteroatoms. The van der Waals surface area contributed by atoms with Crippen molar-refractivity contribution in [2.45, 2.75) is 26.9 Å². The number of nitrogens with one attached hydrogen (secondary N) is 1. The molecule has 0 radical (unpaired) electrons.